The minimum Gasteiger partial charge on any atom is -0.480 e. The van der Waals surface area contributed by atoms with Crippen LogP contribution in [0.2, 0.25) is 0 Å². The molecule has 0 aliphatic rings. The summed E-state index contributed by atoms with van der Waals surface area (Å²) in [6, 6.07) is 2.09. The number of rotatable bonds is 19. The lowest BCUT2D eigenvalue weighted by atomic mass is 10.0. The number of guanidine groups is 1. The predicted molar refractivity (Wildman–Crippen MR) is 155 cm³/mol. The molecule has 0 unspecified atom stereocenters. The van der Waals surface area contributed by atoms with E-state index in [0.717, 1.165) is 0 Å². The second-order valence-corrected chi connectivity index (χ2v) is 9.68. The molecule has 0 radical (unpaired) electrons. The molecule has 0 bridgehead atoms. The lowest BCUT2D eigenvalue weighted by Crippen LogP contribution is -2.59. The second kappa shape index (κ2) is 18.6. The third kappa shape index (κ3) is 14.1. The number of hydrogen-bond acceptors (Lipinski definition) is 9. The van der Waals surface area contributed by atoms with Crippen LogP contribution in [0.3, 0.4) is 0 Å². The maximum atomic E-state index is 13.4. The Labute approximate surface area is 248 Å². The van der Waals surface area contributed by atoms with Gasteiger partial charge in [0.05, 0.1) is 12.6 Å². The molecule has 238 valence electrons. The molecule has 5 atom stereocenters. The smallest absolute Gasteiger partial charge is 0.325 e. The molecule has 0 saturated heterocycles. The van der Waals surface area contributed by atoms with Crippen LogP contribution >= 0.6 is 0 Å². The van der Waals surface area contributed by atoms with Crippen molar-refractivity contribution in [2.24, 2.45) is 27.9 Å². The van der Waals surface area contributed by atoms with E-state index in [1.165, 1.54) is 6.92 Å². The van der Waals surface area contributed by atoms with E-state index in [1.54, 1.807) is 30.3 Å². The number of nitrogens with zero attached hydrogens (tertiary/aromatic N) is 1. The van der Waals surface area contributed by atoms with Gasteiger partial charge in [-0.05, 0) is 31.7 Å². The number of carbonyl (C=O) groups excluding carboxylic acids is 5. The van der Waals surface area contributed by atoms with Gasteiger partial charge in [0.1, 0.15) is 24.2 Å². The summed E-state index contributed by atoms with van der Waals surface area (Å²) >= 11 is 0. The summed E-state index contributed by atoms with van der Waals surface area (Å²) in [7, 11) is 0. The van der Waals surface area contributed by atoms with Crippen LogP contribution in [-0.4, -0.2) is 95.0 Å². The zero-order valence-corrected chi connectivity index (χ0v) is 23.8. The number of carboxylic acids is 1. The Bertz CT molecular complexity index is 1140. The highest BCUT2D eigenvalue weighted by Crippen LogP contribution is 2.07. The van der Waals surface area contributed by atoms with Crippen molar-refractivity contribution >= 4 is 41.5 Å². The topological polar surface area (TPSA) is 307 Å². The van der Waals surface area contributed by atoms with E-state index in [2.05, 4.69) is 26.3 Å². The predicted octanol–water partition coefficient (Wildman–Crippen LogP) is -4.09. The Morgan fingerprint density at radius 2 is 1.37 bits per heavy atom. The quantitative estimate of drug-likeness (QED) is 0.0409. The molecule has 1 aromatic rings. The monoisotopic (exact) mass is 607 g/mol. The van der Waals surface area contributed by atoms with E-state index in [0.29, 0.717) is 5.56 Å². The van der Waals surface area contributed by atoms with E-state index in [-0.39, 0.29) is 44.6 Å². The van der Waals surface area contributed by atoms with Gasteiger partial charge in [-0.15, -0.1) is 0 Å². The van der Waals surface area contributed by atoms with Crippen molar-refractivity contribution in [3.05, 3.63) is 35.9 Å². The molecule has 0 fully saturated rings. The van der Waals surface area contributed by atoms with Crippen molar-refractivity contribution in [1.29, 1.82) is 0 Å². The minimum absolute atomic E-state index is 0.0331. The number of amides is 5. The first kappa shape index (κ1) is 36.3. The fourth-order valence-electron chi connectivity index (χ4n) is 3.65. The number of nitrogens with one attached hydrogen (secondary N) is 4. The van der Waals surface area contributed by atoms with Crippen molar-refractivity contribution in [3.8, 4) is 0 Å². The summed E-state index contributed by atoms with van der Waals surface area (Å²) in [6.07, 6.45) is 0.0203. The number of benzene rings is 1. The minimum atomic E-state index is -1.53. The second-order valence-electron chi connectivity index (χ2n) is 9.68. The highest BCUT2D eigenvalue weighted by Gasteiger charge is 2.31. The lowest BCUT2D eigenvalue weighted by Gasteiger charge is -2.26. The largest absolute Gasteiger partial charge is 0.480 e. The van der Waals surface area contributed by atoms with Gasteiger partial charge in [0.25, 0.3) is 0 Å². The number of primary amides is 1. The van der Waals surface area contributed by atoms with Crippen LogP contribution in [0.25, 0.3) is 0 Å². The number of nitrogens with two attached hydrogens (primary N) is 4. The molecular weight excluding hydrogens is 566 g/mol. The third-order valence-corrected chi connectivity index (χ3v) is 6.08. The number of hydrogen-bond donors (Lipinski definition) is 10. The van der Waals surface area contributed by atoms with Gasteiger partial charge in [0.15, 0.2) is 5.96 Å². The molecule has 0 heterocycles. The number of aliphatic hydroxyl groups excluding tert-OH is 1. The van der Waals surface area contributed by atoms with E-state index < -0.39 is 72.3 Å². The Morgan fingerprint density at radius 1 is 0.814 bits per heavy atom. The van der Waals surface area contributed by atoms with Gasteiger partial charge < -0.3 is 54.4 Å². The molecule has 14 N–H and O–H groups in total. The normalized spacial score (nSPS) is 14.1. The molecule has 17 nitrogen and oxygen atoms in total. The third-order valence-electron chi connectivity index (χ3n) is 6.08. The number of aliphatic imine (C=N–C) groups is 1. The van der Waals surface area contributed by atoms with Crippen molar-refractivity contribution in [3.63, 3.8) is 0 Å². The summed E-state index contributed by atoms with van der Waals surface area (Å²) in [4.78, 5) is 77.8. The van der Waals surface area contributed by atoms with E-state index in [1.807, 2.05) is 0 Å². The van der Waals surface area contributed by atoms with Crippen molar-refractivity contribution in [2.75, 3.05) is 13.2 Å². The molecule has 1 aromatic carbocycles. The summed E-state index contributed by atoms with van der Waals surface area (Å²) < 4.78 is 0. The maximum absolute atomic E-state index is 13.4. The fraction of sp³-hybridized carbons (Fsp3) is 0.500. The lowest BCUT2D eigenvalue weighted by molar-refractivity contribution is -0.142. The van der Waals surface area contributed by atoms with Crippen LogP contribution in [0, 0.1) is 0 Å². The Morgan fingerprint density at radius 3 is 1.93 bits per heavy atom. The SMILES string of the molecule is C[C@H](NC(=O)[C@H](CO)NC(=O)[C@H](Cc1ccccc1)NC(=O)[C@H](CCCN=C(N)N)NC(=O)[C@@H](N)CCC(N)=O)C(=O)O. The van der Waals surface area contributed by atoms with Crippen LogP contribution in [0.15, 0.2) is 35.3 Å². The summed E-state index contributed by atoms with van der Waals surface area (Å²) in [6.45, 7) is 0.477. The van der Waals surface area contributed by atoms with Crippen LogP contribution in [0.1, 0.15) is 38.2 Å². The number of carboxylic acid groups (broad SMARTS) is 1. The average Bonchev–Trinajstić information content (AvgIpc) is 2.95. The van der Waals surface area contributed by atoms with E-state index in [4.69, 9.17) is 28.0 Å². The van der Waals surface area contributed by atoms with Gasteiger partial charge in [-0.1, -0.05) is 30.3 Å². The molecule has 0 aliphatic heterocycles. The first-order chi connectivity index (χ1) is 20.2. The first-order valence-corrected chi connectivity index (χ1v) is 13.4. The highest BCUT2D eigenvalue weighted by molar-refractivity contribution is 5.95. The Hall–Kier alpha value is -4.77. The molecule has 0 aromatic heterocycles. The number of carbonyl (C=O) groups is 6. The standard InChI is InChI=1S/C26H41N9O8/c1-14(25(42)43)32-24(41)19(13-36)35-23(40)18(12-15-6-3-2-4-7-15)34-22(39)17(8-5-11-31-26(29)30)33-21(38)16(27)9-10-20(28)37/h2-4,6-7,14,16-19,36H,5,8-13,27H2,1H3,(H2,28,37)(H,32,41)(H,33,38)(H,34,39)(H,35,40)(H,42,43)(H4,29,30,31)/t14-,16-,17-,18-,19-/m0/s1. The molecule has 0 aliphatic carbocycles. The van der Waals surface area contributed by atoms with Crippen LogP contribution in [0.4, 0.5) is 0 Å². The van der Waals surface area contributed by atoms with Crippen LogP contribution in [-0.2, 0) is 35.2 Å². The molecule has 43 heavy (non-hydrogen) atoms. The first-order valence-electron chi connectivity index (χ1n) is 13.4. The van der Waals surface area contributed by atoms with E-state index >= 15 is 0 Å². The van der Waals surface area contributed by atoms with Gasteiger partial charge in [-0.2, -0.15) is 0 Å². The van der Waals surface area contributed by atoms with Gasteiger partial charge in [0, 0.05) is 19.4 Å². The van der Waals surface area contributed by atoms with Crippen molar-refractivity contribution in [1.82, 2.24) is 21.3 Å². The van der Waals surface area contributed by atoms with Gasteiger partial charge >= 0.3 is 5.97 Å². The number of aliphatic carboxylic acids is 1. The van der Waals surface area contributed by atoms with Gasteiger partial charge in [-0.25, -0.2) is 0 Å². The fourth-order valence-corrected chi connectivity index (χ4v) is 3.65. The van der Waals surface area contributed by atoms with Crippen molar-refractivity contribution < 1.29 is 39.0 Å². The summed E-state index contributed by atoms with van der Waals surface area (Å²) in [5.41, 5.74) is 22.3. The average molecular weight is 608 g/mol. The molecule has 1 rings (SSSR count). The molecule has 0 spiro atoms. The summed E-state index contributed by atoms with van der Waals surface area (Å²) in [5, 5.41) is 28.3. The molecule has 5 amide bonds. The number of aliphatic hydroxyl groups is 1. The zero-order valence-electron chi connectivity index (χ0n) is 23.8. The van der Waals surface area contributed by atoms with Crippen molar-refractivity contribution in [2.45, 2.75) is 69.2 Å². The van der Waals surface area contributed by atoms with Crippen LogP contribution in [0.5, 0.6) is 0 Å². The Balaban J connectivity index is 3.17. The summed E-state index contributed by atoms with van der Waals surface area (Å²) in [5.74, 6) is -5.48. The zero-order chi connectivity index (χ0) is 32.5. The maximum Gasteiger partial charge on any atom is 0.325 e. The Kier molecular flexibility index (Phi) is 15.7. The van der Waals surface area contributed by atoms with Gasteiger partial charge in [0.2, 0.25) is 29.5 Å². The van der Waals surface area contributed by atoms with Gasteiger partial charge in [-0.3, -0.25) is 33.8 Å². The molecule has 17 heteroatoms. The highest BCUT2D eigenvalue weighted by atomic mass is 16.4. The molecular formula is C26H41N9O8. The van der Waals surface area contributed by atoms with Crippen LogP contribution < -0.4 is 44.2 Å². The molecule has 0 saturated carbocycles. The van der Waals surface area contributed by atoms with E-state index in [9.17, 15) is 33.9 Å².